The second-order valence-corrected chi connectivity index (χ2v) is 6.76. The molecule has 1 amide bonds. The molecule has 1 heterocycles. The van der Waals surface area contributed by atoms with Gasteiger partial charge in [0.2, 0.25) is 5.82 Å². The van der Waals surface area contributed by atoms with Crippen LogP contribution in [-0.2, 0) is 6.42 Å². The number of amides is 1. The van der Waals surface area contributed by atoms with Gasteiger partial charge in [-0.25, -0.2) is 4.98 Å². The molecule has 112 valence electrons. The van der Waals surface area contributed by atoms with Crippen LogP contribution in [0.25, 0.3) is 0 Å². The molecule has 1 aromatic rings. The van der Waals surface area contributed by atoms with Gasteiger partial charge in [0.05, 0.1) is 0 Å². The summed E-state index contributed by atoms with van der Waals surface area (Å²) in [5, 5.41) is 9.83. The molecule has 1 fully saturated rings. The zero-order valence-electron chi connectivity index (χ0n) is 12.4. The first kappa shape index (κ1) is 15.4. The van der Waals surface area contributed by atoms with Crippen molar-refractivity contribution in [2.45, 2.75) is 56.6 Å². The van der Waals surface area contributed by atoms with Gasteiger partial charge in [-0.3, -0.25) is 9.89 Å². The third kappa shape index (κ3) is 3.75. The number of aromatic amines is 1. The summed E-state index contributed by atoms with van der Waals surface area (Å²) in [6.07, 6.45) is 10.2. The van der Waals surface area contributed by atoms with E-state index in [0.717, 1.165) is 18.7 Å². The Labute approximate surface area is 124 Å². The number of nitrogens with zero attached hydrogens (tertiary/aromatic N) is 2. The summed E-state index contributed by atoms with van der Waals surface area (Å²) in [6, 6.07) is 0. The molecular formula is C14H24N4OS. The molecule has 1 saturated carbocycles. The smallest absolute Gasteiger partial charge is 0.291 e. The first-order chi connectivity index (χ1) is 9.69. The molecule has 0 unspecified atom stereocenters. The van der Waals surface area contributed by atoms with Gasteiger partial charge in [0.1, 0.15) is 5.82 Å². The number of nitrogens with one attached hydrogen (secondary N) is 2. The average Bonchev–Trinajstić information content (AvgIpc) is 2.95. The number of carbonyl (C=O) groups excluding carboxylic acids is 1. The third-order valence-corrected chi connectivity index (χ3v) is 5.41. The molecular weight excluding hydrogens is 272 g/mol. The molecule has 1 aromatic heterocycles. The van der Waals surface area contributed by atoms with E-state index >= 15 is 0 Å². The SMILES string of the molecule is CCCc1nc(C(=O)NCC2(SC)CCCCC2)n[nH]1. The molecule has 2 rings (SSSR count). The van der Waals surface area contributed by atoms with E-state index in [0.29, 0.717) is 6.54 Å². The second-order valence-electron chi connectivity index (χ2n) is 5.49. The van der Waals surface area contributed by atoms with Gasteiger partial charge in [-0.15, -0.1) is 5.10 Å². The van der Waals surface area contributed by atoms with Crippen LogP contribution in [0.15, 0.2) is 0 Å². The zero-order valence-corrected chi connectivity index (χ0v) is 13.2. The van der Waals surface area contributed by atoms with Gasteiger partial charge >= 0.3 is 0 Å². The highest BCUT2D eigenvalue weighted by Gasteiger charge is 2.31. The van der Waals surface area contributed by atoms with Crippen LogP contribution in [-0.4, -0.2) is 38.6 Å². The number of carbonyl (C=O) groups is 1. The van der Waals surface area contributed by atoms with Crippen LogP contribution in [0.2, 0.25) is 0 Å². The van der Waals surface area contributed by atoms with Crippen LogP contribution < -0.4 is 5.32 Å². The minimum Gasteiger partial charge on any atom is -0.348 e. The summed E-state index contributed by atoms with van der Waals surface area (Å²) in [4.78, 5) is 16.3. The molecule has 2 N–H and O–H groups in total. The van der Waals surface area contributed by atoms with Gasteiger partial charge in [0, 0.05) is 17.7 Å². The molecule has 20 heavy (non-hydrogen) atoms. The molecule has 0 bridgehead atoms. The summed E-state index contributed by atoms with van der Waals surface area (Å²) in [6.45, 7) is 2.79. The van der Waals surface area contributed by atoms with Crippen molar-refractivity contribution in [2.24, 2.45) is 0 Å². The predicted octanol–water partition coefficient (Wildman–Crippen LogP) is 2.55. The monoisotopic (exact) mass is 296 g/mol. The average molecular weight is 296 g/mol. The highest BCUT2D eigenvalue weighted by Crippen LogP contribution is 2.37. The zero-order chi connectivity index (χ0) is 14.4. The Morgan fingerprint density at radius 1 is 1.40 bits per heavy atom. The minimum atomic E-state index is -0.164. The van der Waals surface area contributed by atoms with Gasteiger partial charge in [0.25, 0.3) is 5.91 Å². The van der Waals surface area contributed by atoms with Gasteiger partial charge in [-0.2, -0.15) is 11.8 Å². The number of hydrogen-bond donors (Lipinski definition) is 2. The maximum Gasteiger partial charge on any atom is 0.291 e. The van der Waals surface area contributed by atoms with Crippen LogP contribution in [0.3, 0.4) is 0 Å². The van der Waals surface area contributed by atoms with Crippen molar-refractivity contribution < 1.29 is 4.79 Å². The molecule has 0 radical (unpaired) electrons. The topological polar surface area (TPSA) is 70.7 Å². The van der Waals surface area contributed by atoms with E-state index in [1.165, 1.54) is 32.1 Å². The van der Waals surface area contributed by atoms with Gasteiger partial charge in [-0.05, 0) is 25.5 Å². The lowest BCUT2D eigenvalue weighted by molar-refractivity contribution is 0.0937. The van der Waals surface area contributed by atoms with Crippen LogP contribution in [0.4, 0.5) is 0 Å². The maximum absolute atomic E-state index is 12.1. The van der Waals surface area contributed by atoms with Gasteiger partial charge < -0.3 is 5.32 Å². The fourth-order valence-corrected chi connectivity index (χ4v) is 3.63. The summed E-state index contributed by atoms with van der Waals surface area (Å²) < 4.78 is 0.205. The van der Waals surface area contributed by atoms with E-state index in [1.807, 2.05) is 11.8 Å². The number of H-pyrrole nitrogens is 1. The number of rotatable bonds is 6. The Balaban J connectivity index is 1.89. The quantitative estimate of drug-likeness (QED) is 0.846. The van der Waals surface area contributed by atoms with E-state index in [2.05, 4.69) is 33.7 Å². The van der Waals surface area contributed by atoms with Crippen molar-refractivity contribution in [2.75, 3.05) is 12.8 Å². The number of aromatic nitrogens is 3. The molecule has 0 aliphatic heterocycles. The van der Waals surface area contributed by atoms with E-state index < -0.39 is 0 Å². The Bertz CT molecular complexity index is 440. The van der Waals surface area contributed by atoms with Crippen molar-refractivity contribution in [3.63, 3.8) is 0 Å². The molecule has 0 aromatic carbocycles. The molecule has 1 aliphatic carbocycles. The van der Waals surface area contributed by atoms with Crippen LogP contribution in [0, 0.1) is 0 Å². The standard InChI is InChI=1S/C14H24N4OS/c1-3-7-11-16-12(18-17-11)13(19)15-10-14(20-2)8-5-4-6-9-14/h3-10H2,1-2H3,(H,15,19)(H,16,17,18). The number of hydrogen-bond acceptors (Lipinski definition) is 4. The summed E-state index contributed by atoms with van der Waals surface area (Å²) in [7, 11) is 0. The summed E-state index contributed by atoms with van der Waals surface area (Å²) in [5.41, 5.74) is 0. The molecule has 0 spiro atoms. The fourth-order valence-electron chi connectivity index (χ4n) is 2.72. The van der Waals surface area contributed by atoms with Crippen molar-refractivity contribution in [1.82, 2.24) is 20.5 Å². The normalized spacial score (nSPS) is 17.9. The van der Waals surface area contributed by atoms with Crippen molar-refractivity contribution in [3.05, 3.63) is 11.6 Å². The van der Waals surface area contributed by atoms with Crippen molar-refractivity contribution >= 4 is 17.7 Å². The molecule has 6 heteroatoms. The maximum atomic E-state index is 12.1. The Kier molecular flexibility index (Phi) is 5.46. The first-order valence-electron chi connectivity index (χ1n) is 7.44. The van der Waals surface area contributed by atoms with E-state index in [1.54, 1.807) is 0 Å². The Morgan fingerprint density at radius 2 is 2.15 bits per heavy atom. The number of thioether (sulfide) groups is 1. The van der Waals surface area contributed by atoms with Crippen molar-refractivity contribution in [1.29, 1.82) is 0 Å². The number of aryl methyl sites for hydroxylation is 1. The summed E-state index contributed by atoms with van der Waals surface area (Å²) >= 11 is 1.88. The molecule has 5 nitrogen and oxygen atoms in total. The van der Waals surface area contributed by atoms with Gasteiger partial charge in [-0.1, -0.05) is 26.2 Å². The molecule has 0 atom stereocenters. The first-order valence-corrected chi connectivity index (χ1v) is 8.66. The predicted molar refractivity (Wildman–Crippen MR) is 82.0 cm³/mol. The van der Waals surface area contributed by atoms with Gasteiger partial charge in [0.15, 0.2) is 0 Å². The minimum absolute atomic E-state index is 0.164. The van der Waals surface area contributed by atoms with E-state index in [9.17, 15) is 4.79 Å². The summed E-state index contributed by atoms with van der Waals surface area (Å²) in [5.74, 6) is 0.887. The van der Waals surface area contributed by atoms with Crippen LogP contribution >= 0.6 is 11.8 Å². The molecule has 0 saturated heterocycles. The van der Waals surface area contributed by atoms with Crippen LogP contribution in [0.5, 0.6) is 0 Å². The lowest BCUT2D eigenvalue weighted by atomic mass is 9.88. The largest absolute Gasteiger partial charge is 0.348 e. The second kappa shape index (κ2) is 7.11. The highest BCUT2D eigenvalue weighted by molar-refractivity contribution is 8.00. The highest BCUT2D eigenvalue weighted by atomic mass is 32.2. The Morgan fingerprint density at radius 3 is 2.80 bits per heavy atom. The Hall–Kier alpha value is -1.04. The molecule has 1 aliphatic rings. The van der Waals surface area contributed by atoms with E-state index in [4.69, 9.17) is 0 Å². The third-order valence-electron chi connectivity index (χ3n) is 3.99. The lowest BCUT2D eigenvalue weighted by Gasteiger charge is -2.35. The lowest BCUT2D eigenvalue weighted by Crippen LogP contribution is -2.42. The fraction of sp³-hybridized carbons (Fsp3) is 0.786. The van der Waals surface area contributed by atoms with E-state index in [-0.39, 0.29) is 16.5 Å². The van der Waals surface area contributed by atoms with Crippen LogP contribution in [0.1, 0.15) is 61.9 Å². The van der Waals surface area contributed by atoms with Crippen molar-refractivity contribution in [3.8, 4) is 0 Å².